The van der Waals surface area contributed by atoms with E-state index in [-0.39, 0.29) is 17.8 Å². The fourth-order valence-electron chi connectivity index (χ4n) is 2.94. The first-order valence-corrected chi connectivity index (χ1v) is 7.90. The Labute approximate surface area is 127 Å². The van der Waals surface area contributed by atoms with Crippen LogP contribution in [-0.2, 0) is 6.54 Å². The molecule has 1 aliphatic rings. The molecule has 0 aliphatic carbocycles. The lowest BCUT2D eigenvalue weighted by Gasteiger charge is -2.24. The number of nitrogens with zero attached hydrogens (tertiary/aromatic N) is 1. The van der Waals surface area contributed by atoms with Crippen molar-refractivity contribution >= 4 is 5.69 Å². The third kappa shape index (κ3) is 4.17. The van der Waals surface area contributed by atoms with Crippen molar-refractivity contribution in [1.82, 2.24) is 5.32 Å². The van der Waals surface area contributed by atoms with Gasteiger partial charge in [0.15, 0.2) is 0 Å². The summed E-state index contributed by atoms with van der Waals surface area (Å²) >= 11 is 0. The molecule has 0 spiro atoms. The van der Waals surface area contributed by atoms with Gasteiger partial charge in [-0.15, -0.1) is 0 Å². The first kappa shape index (κ1) is 16.2. The molecule has 0 saturated carbocycles. The number of nitrogens with one attached hydrogen (secondary N) is 1. The van der Waals surface area contributed by atoms with Gasteiger partial charge in [-0.1, -0.05) is 26.0 Å². The maximum atomic E-state index is 14.3. The van der Waals surface area contributed by atoms with E-state index in [1.807, 2.05) is 13.0 Å². The third-order valence-corrected chi connectivity index (χ3v) is 4.16. The van der Waals surface area contributed by atoms with Gasteiger partial charge < -0.3 is 15.3 Å². The molecule has 1 aliphatic heterocycles. The Kier molecular flexibility index (Phi) is 5.59. The highest BCUT2D eigenvalue weighted by atomic mass is 19.1. The highest BCUT2D eigenvalue weighted by Crippen LogP contribution is 2.31. The predicted molar refractivity (Wildman–Crippen MR) is 84.9 cm³/mol. The third-order valence-electron chi connectivity index (χ3n) is 4.16. The van der Waals surface area contributed by atoms with Crippen molar-refractivity contribution in [3.63, 3.8) is 0 Å². The molecule has 2 unspecified atom stereocenters. The quantitative estimate of drug-likeness (QED) is 0.847. The molecule has 1 heterocycles. The fraction of sp³-hybridized carbons (Fsp3) is 0.647. The van der Waals surface area contributed by atoms with Gasteiger partial charge in [-0.25, -0.2) is 4.39 Å². The Balaban J connectivity index is 2.11. The highest BCUT2D eigenvalue weighted by molar-refractivity contribution is 5.55. The Morgan fingerprint density at radius 3 is 2.76 bits per heavy atom. The Hall–Kier alpha value is -1.13. The molecule has 3 nitrogen and oxygen atoms in total. The van der Waals surface area contributed by atoms with Crippen LogP contribution in [0.4, 0.5) is 10.1 Å². The largest absolute Gasteiger partial charge is 0.393 e. The van der Waals surface area contributed by atoms with Crippen LogP contribution in [0.2, 0.25) is 0 Å². The summed E-state index contributed by atoms with van der Waals surface area (Å²) in [6, 6.07) is 5.28. The number of aliphatic hydroxyl groups excluding tert-OH is 1. The summed E-state index contributed by atoms with van der Waals surface area (Å²) in [5.41, 5.74) is 1.71. The molecule has 118 valence electrons. The van der Waals surface area contributed by atoms with Gasteiger partial charge in [0.25, 0.3) is 0 Å². The van der Waals surface area contributed by atoms with Crippen molar-refractivity contribution in [2.75, 3.05) is 24.5 Å². The standard InChI is InChI=1S/C17H27FN2O/c1-12(2)9-19-10-14-5-4-6-16(18)17(14)20-8-7-15(11-20)13(3)21/h4-6,12-13,15,19,21H,7-11H2,1-3H3. The van der Waals surface area contributed by atoms with Crippen LogP contribution in [0.25, 0.3) is 0 Å². The molecule has 1 aromatic carbocycles. The molecule has 1 aromatic rings. The average molecular weight is 294 g/mol. The number of para-hydroxylation sites is 1. The number of hydrogen-bond acceptors (Lipinski definition) is 3. The van der Waals surface area contributed by atoms with Crippen molar-refractivity contribution in [3.05, 3.63) is 29.6 Å². The number of aliphatic hydroxyl groups is 1. The molecule has 0 radical (unpaired) electrons. The fourth-order valence-corrected chi connectivity index (χ4v) is 2.94. The molecule has 0 bridgehead atoms. The van der Waals surface area contributed by atoms with E-state index < -0.39 is 0 Å². The van der Waals surface area contributed by atoms with Crippen molar-refractivity contribution < 1.29 is 9.50 Å². The second-order valence-corrected chi connectivity index (χ2v) is 6.51. The van der Waals surface area contributed by atoms with Crippen LogP contribution in [0, 0.1) is 17.7 Å². The lowest BCUT2D eigenvalue weighted by atomic mass is 10.0. The summed E-state index contributed by atoms with van der Waals surface area (Å²) in [6.45, 7) is 9.29. The van der Waals surface area contributed by atoms with Gasteiger partial charge in [0.05, 0.1) is 11.8 Å². The molecule has 2 atom stereocenters. The number of benzene rings is 1. The van der Waals surface area contributed by atoms with Gasteiger partial charge in [-0.3, -0.25) is 0 Å². The molecule has 1 fully saturated rings. The highest BCUT2D eigenvalue weighted by Gasteiger charge is 2.28. The maximum Gasteiger partial charge on any atom is 0.146 e. The van der Waals surface area contributed by atoms with Crippen molar-refractivity contribution in [1.29, 1.82) is 0 Å². The number of hydrogen-bond donors (Lipinski definition) is 2. The zero-order chi connectivity index (χ0) is 15.4. The molecule has 2 rings (SSSR count). The van der Waals surface area contributed by atoms with Gasteiger partial charge in [0.1, 0.15) is 5.82 Å². The van der Waals surface area contributed by atoms with E-state index in [1.54, 1.807) is 6.07 Å². The molecule has 1 saturated heterocycles. The van der Waals surface area contributed by atoms with Crippen LogP contribution in [0.3, 0.4) is 0 Å². The van der Waals surface area contributed by atoms with Crippen molar-refractivity contribution in [2.24, 2.45) is 11.8 Å². The van der Waals surface area contributed by atoms with Crippen molar-refractivity contribution in [3.8, 4) is 0 Å². The van der Waals surface area contributed by atoms with Crippen LogP contribution in [0.15, 0.2) is 18.2 Å². The van der Waals surface area contributed by atoms with Gasteiger partial charge in [0.2, 0.25) is 0 Å². The summed E-state index contributed by atoms with van der Waals surface area (Å²) < 4.78 is 14.3. The van der Waals surface area contributed by atoms with Gasteiger partial charge in [0, 0.05) is 25.6 Å². The van der Waals surface area contributed by atoms with Crippen LogP contribution >= 0.6 is 0 Å². The van der Waals surface area contributed by atoms with E-state index >= 15 is 0 Å². The Morgan fingerprint density at radius 2 is 2.14 bits per heavy atom. The Morgan fingerprint density at radius 1 is 1.38 bits per heavy atom. The Bertz CT molecular complexity index is 462. The summed E-state index contributed by atoms with van der Waals surface area (Å²) in [7, 11) is 0. The second-order valence-electron chi connectivity index (χ2n) is 6.51. The van der Waals surface area contributed by atoms with Gasteiger partial charge >= 0.3 is 0 Å². The zero-order valence-corrected chi connectivity index (χ0v) is 13.3. The summed E-state index contributed by atoms with van der Waals surface area (Å²) in [5.74, 6) is 0.652. The maximum absolute atomic E-state index is 14.3. The smallest absolute Gasteiger partial charge is 0.146 e. The van der Waals surface area contributed by atoms with E-state index in [9.17, 15) is 9.50 Å². The zero-order valence-electron chi connectivity index (χ0n) is 13.3. The molecule has 2 N–H and O–H groups in total. The topological polar surface area (TPSA) is 35.5 Å². The van der Waals surface area contributed by atoms with E-state index in [0.29, 0.717) is 18.2 Å². The molecular weight excluding hydrogens is 267 g/mol. The monoisotopic (exact) mass is 294 g/mol. The van der Waals surface area contributed by atoms with E-state index in [1.165, 1.54) is 6.07 Å². The van der Waals surface area contributed by atoms with Gasteiger partial charge in [-0.05, 0) is 37.4 Å². The first-order valence-electron chi connectivity index (χ1n) is 7.90. The molecule has 0 amide bonds. The summed E-state index contributed by atoms with van der Waals surface area (Å²) in [4.78, 5) is 2.08. The van der Waals surface area contributed by atoms with Crippen LogP contribution in [-0.4, -0.2) is 30.8 Å². The molecule has 0 aromatic heterocycles. The number of rotatable bonds is 6. The number of halogens is 1. The SMILES string of the molecule is CC(C)CNCc1cccc(F)c1N1CCC(C(C)O)C1. The lowest BCUT2D eigenvalue weighted by Crippen LogP contribution is -2.27. The van der Waals surface area contributed by atoms with E-state index in [4.69, 9.17) is 0 Å². The normalized spacial score (nSPS) is 20.3. The molecule has 4 heteroatoms. The van der Waals surface area contributed by atoms with Crippen LogP contribution < -0.4 is 10.2 Å². The second kappa shape index (κ2) is 7.23. The minimum atomic E-state index is -0.329. The number of anilines is 1. The first-order chi connectivity index (χ1) is 9.99. The minimum Gasteiger partial charge on any atom is -0.393 e. The average Bonchev–Trinajstić information content (AvgIpc) is 2.88. The summed E-state index contributed by atoms with van der Waals surface area (Å²) in [6.07, 6.45) is 0.592. The molecule has 21 heavy (non-hydrogen) atoms. The van der Waals surface area contributed by atoms with E-state index in [0.717, 1.165) is 31.6 Å². The van der Waals surface area contributed by atoms with Gasteiger partial charge in [-0.2, -0.15) is 0 Å². The van der Waals surface area contributed by atoms with E-state index in [2.05, 4.69) is 24.1 Å². The summed E-state index contributed by atoms with van der Waals surface area (Å²) in [5, 5.41) is 13.1. The predicted octanol–water partition coefficient (Wildman–Crippen LogP) is 2.78. The lowest BCUT2D eigenvalue weighted by molar-refractivity contribution is 0.136. The van der Waals surface area contributed by atoms with Crippen molar-refractivity contribution in [2.45, 2.75) is 39.8 Å². The molecular formula is C17H27FN2O. The van der Waals surface area contributed by atoms with Crippen LogP contribution in [0.5, 0.6) is 0 Å². The van der Waals surface area contributed by atoms with Crippen LogP contribution in [0.1, 0.15) is 32.8 Å². The minimum absolute atomic E-state index is 0.162.